The highest BCUT2D eigenvalue weighted by Crippen LogP contribution is 2.68. The number of carbonyl (C=O) groups excluding carboxylic acids is 1. The third-order valence-electron chi connectivity index (χ3n) is 9.56. The molecule has 0 spiro atoms. The summed E-state index contributed by atoms with van der Waals surface area (Å²) in [5.74, 6) is 4.18. The first-order valence-corrected chi connectivity index (χ1v) is 10.5. The van der Waals surface area contributed by atoms with Gasteiger partial charge in [0.15, 0.2) is 0 Å². The molecule has 0 radical (unpaired) electrons. The molecular formula is C22H36O2. The minimum absolute atomic E-state index is 0.0437. The van der Waals surface area contributed by atoms with Crippen LogP contribution in [0.3, 0.4) is 0 Å². The van der Waals surface area contributed by atoms with Crippen LogP contribution < -0.4 is 0 Å². The van der Waals surface area contributed by atoms with E-state index in [0.717, 1.165) is 36.5 Å². The third-order valence-corrected chi connectivity index (χ3v) is 9.56. The number of hydrogen-bond donors (Lipinski definition) is 1. The van der Waals surface area contributed by atoms with Crippen LogP contribution in [0.15, 0.2) is 0 Å². The second kappa shape index (κ2) is 5.83. The van der Waals surface area contributed by atoms with Crippen molar-refractivity contribution in [3.63, 3.8) is 0 Å². The second-order valence-electron chi connectivity index (χ2n) is 10.3. The van der Waals surface area contributed by atoms with E-state index in [1.807, 2.05) is 0 Å². The number of hydrogen-bond acceptors (Lipinski definition) is 2. The van der Waals surface area contributed by atoms with Gasteiger partial charge in [0.1, 0.15) is 6.29 Å². The molecule has 0 aromatic heterocycles. The Morgan fingerprint density at radius 3 is 2.42 bits per heavy atom. The van der Waals surface area contributed by atoms with E-state index in [2.05, 4.69) is 20.8 Å². The zero-order chi connectivity index (χ0) is 17.1. The summed E-state index contributed by atoms with van der Waals surface area (Å²) in [7, 11) is 0. The van der Waals surface area contributed by atoms with Gasteiger partial charge < -0.3 is 9.90 Å². The van der Waals surface area contributed by atoms with Crippen molar-refractivity contribution in [2.24, 2.45) is 46.3 Å². The average Bonchev–Trinajstić information content (AvgIpc) is 2.92. The first-order chi connectivity index (χ1) is 11.4. The first kappa shape index (κ1) is 17.1. The van der Waals surface area contributed by atoms with Gasteiger partial charge in [0.25, 0.3) is 0 Å². The van der Waals surface area contributed by atoms with Gasteiger partial charge in [-0.3, -0.25) is 0 Å². The van der Waals surface area contributed by atoms with Gasteiger partial charge in [0.2, 0.25) is 0 Å². The maximum Gasteiger partial charge on any atom is 0.123 e. The molecule has 0 aromatic rings. The molecule has 0 bridgehead atoms. The van der Waals surface area contributed by atoms with Gasteiger partial charge in [-0.15, -0.1) is 0 Å². The lowest BCUT2D eigenvalue weighted by molar-refractivity contribution is -0.132. The van der Waals surface area contributed by atoms with E-state index in [1.165, 1.54) is 51.2 Å². The molecular weight excluding hydrogens is 296 g/mol. The second-order valence-corrected chi connectivity index (χ2v) is 10.3. The van der Waals surface area contributed by atoms with E-state index in [4.69, 9.17) is 0 Å². The summed E-state index contributed by atoms with van der Waals surface area (Å²) < 4.78 is 0. The highest BCUT2D eigenvalue weighted by Gasteiger charge is 2.60. The smallest absolute Gasteiger partial charge is 0.123 e. The van der Waals surface area contributed by atoms with E-state index in [9.17, 15) is 9.90 Å². The van der Waals surface area contributed by atoms with Crippen LogP contribution in [-0.2, 0) is 4.79 Å². The average molecular weight is 333 g/mol. The van der Waals surface area contributed by atoms with Crippen LogP contribution in [0.1, 0.15) is 78.6 Å². The van der Waals surface area contributed by atoms with Gasteiger partial charge in [0.05, 0.1) is 6.10 Å². The van der Waals surface area contributed by atoms with Gasteiger partial charge in [-0.05, 0) is 98.2 Å². The Labute approximate surface area is 147 Å². The number of rotatable bonds is 2. The number of aliphatic hydroxyl groups is 1. The van der Waals surface area contributed by atoms with Crippen LogP contribution in [0.4, 0.5) is 0 Å². The number of aldehydes is 1. The Morgan fingerprint density at radius 2 is 1.67 bits per heavy atom. The zero-order valence-electron chi connectivity index (χ0n) is 15.8. The summed E-state index contributed by atoms with van der Waals surface area (Å²) in [5, 5.41) is 10.1. The molecule has 4 saturated carbocycles. The quantitative estimate of drug-likeness (QED) is 0.735. The molecule has 4 fully saturated rings. The van der Waals surface area contributed by atoms with Crippen molar-refractivity contribution in [2.75, 3.05) is 0 Å². The van der Waals surface area contributed by atoms with Crippen molar-refractivity contribution in [1.82, 2.24) is 0 Å². The highest BCUT2D eigenvalue weighted by atomic mass is 16.3. The molecule has 4 rings (SSSR count). The molecule has 0 amide bonds. The minimum Gasteiger partial charge on any atom is -0.393 e. The lowest BCUT2D eigenvalue weighted by Gasteiger charge is -2.61. The van der Waals surface area contributed by atoms with E-state index >= 15 is 0 Å². The van der Waals surface area contributed by atoms with Gasteiger partial charge in [-0.25, -0.2) is 0 Å². The Bertz CT molecular complexity index is 502. The largest absolute Gasteiger partial charge is 0.393 e. The molecule has 2 nitrogen and oxygen atoms in total. The van der Waals surface area contributed by atoms with Gasteiger partial charge >= 0.3 is 0 Å². The van der Waals surface area contributed by atoms with Crippen LogP contribution in [0, 0.1) is 46.3 Å². The van der Waals surface area contributed by atoms with Crippen LogP contribution in [0.25, 0.3) is 0 Å². The number of fused-ring (bicyclic) bond motifs is 5. The van der Waals surface area contributed by atoms with Crippen LogP contribution in [0.5, 0.6) is 0 Å². The molecule has 9 atom stereocenters. The number of aliphatic hydroxyl groups excluding tert-OH is 1. The van der Waals surface area contributed by atoms with Gasteiger partial charge in [-0.1, -0.05) is 20.8 Å². The monoisotopic (exact) mass is 332 g/mol. The van der Waals surface area contributed by atoms with E-state index < -0.39 is 0 Å². The topological polar surface area (TPSA) is 37.3 Å². The maximum atomic E-state index is 11.4. The summed E-state index contributed by atoms with van der Waals surface area (Å²) in [6.45, 7) is 7.23. The molecule has 0 saturated heterocycles. The lowest BCUT2D eigenvalue weighted by atomic mass is 9.44. The van der Waals surface area contributed by atoms with Crippen LogP contribution >= 0.6 is 0 Å². The van der Waals surface area contributed by atoms with E-state index in [0.29, 0.717) is 16.7 Å². The molecule has 0 heterocycles. The van der Waals surface area contributed by atoms with E-state index in [1.54, 1.807) is 0 Å². The highest BCUT2D eigenvalue weighted by molar-refractivity contribution is 5.53. The van der Waals surface area contributed by atoms with Crippen LogP contribution in [0.2, 0.25) is 0 Å². The summed E-state index contributed by atoms with van der Waals surface area (Å²) in [6, 6.07) is 0. The summed E-state index contributed by atoms with van der Waals surface area (Å²) in [4.78, 5) is 11.4. The maximum absolute atomic E-state index is 11.4. The van der Waals surface area contributed by atoms with Crippen molar-refractivity contribution in [3.05, 3.63) is 0 Å². The molecule has 1 unspecified atom stereocenters. The lowest BCUT2D eigenvalue weighted by Crippen LogP contribution is -2.54. The molecule has 136 valence electrons. The predicted molar refractivity (Wildman–Crippen MR) is 96.5 cm³/mol. The van der Waals surface area contributed by atoms with Gasteiger partial charge in [0, 0.05) is 5.92 Å². The zero-order valence-corrected chi connectivity index (χ0v) is 15.8. The Hall–Kier alpha value is -0.370. The minimum atomic E-state index is -0.0437. The molecule has 4 aliphatic rings. The Kier molecular flexibility index (Phi) is 4.14. The fourth-order valence-electron chi connectivity index (χ4n) is 8.23. The normalized spacial score (nSPS) is 55.2. The molecule has 1 N–H and O–H groups in total. The van der Waals surface area contributed by atoms with Crippen molar-refractivity contribution in [1.29, 1.82) is 0 Å². The van der Waals surface area contributed by atoms with Crippen molar-refractivity contribution >= 4 is 6.29 Å². The van der Waals surface area contributed by atoms with Gasteiger partial charge in [-0.2, -0.15) is 0 Å². The Balaban J connectivity index is 1.60. The Morgan fingerprint density at radius 1 is 0.958 bits per heavy atom. The number of carbonyl (C=O) groups is 1. The fourth-order valence-corrected chi connectivity index (χ4v) is 8.23. The van der Waals surface area contributed by atoms with Crippen molar-refractivity contribution in [2.45, 2.75) is 84.7 Å². The standard InChI is InChI=1S/C22H36O2/c1-14(13-23)18-6-7-19-17-5-4-15-12-16(24)8-10-21(15,2)20(17)9-11-22(18,19)3/h13-20,24H,4-12H2,1-3H3/t14?,15-,16-,17+,18-,19+,20+,21+,22-/m1/s1. The SMILES string of the molecule is CC(C=O)[C@H]1CC[C@H]2[C@@H]3CC[C@@H]4C[C@H](O)CC[C@]4(C)[C@H]3CC[C@]12C. The summed E-state index contributed by atoms with van der Waals surface area (Å²) in [5.41, 5.74) is 0.872. The molecule has 0 aromatic carbocycles. The fraction of sp³-hybridized carbons (Fsp3) is 0.955. The van der Waals surface area contributed by atoms with E-state index in [-0.39, 0.29) is 12.0 Å². The van der Waals surface area contributed by atoms with Crippen molar-refractivity contribution in [3.8, 4) is 0 Å². The van der Waals surface area contributed by atoms with Crippen LogP contribution in [-0.4, -0.2) is 17.5 Å². The third kappa shape index (κ3) is 2.27. The first-order valence-electron chi connectivity index (χ1n) is 10.5. The predicted octanol–water partition coefficient (Wildman–Crippen LogP) is 4.84. The summed E-state index contributed by atoms with van der Waals surface area (Å²) >= 11 is 0. The van der Waals surface area contributed by atoms with Crippen molar-refractivity contribution < 1.29 is 9.90 Å². The molecule has 24 heavy (non-hydrogen) atoms. The molecule has 4 aliphatic carbocycles. The molecule has 0 aliphatic heterocycles. The molecule has 2 heteroatoms. The summed E-state index contributed by atoms with van der Waals surface area (Å²) in [6.07, 6.45) is 12.5.